The van der Waals surface area contributed by atoms with Crippen molar-refractivity contribution in [3.05, 3.63) is 59.7 Å². The lowest BCUT2D eigenvalue weighted by Crippen LogP contribution is -2.51. The highest BCUT2D eigenvalue weighted by Crippen LogP contribution is 2.17. The van der Waals surface area contributed by atoms with Gasteiger partial charge in [-0.25, -0.2) is 0 Å². The Hall–Kier alpha value is -3.02. The lowest BCUT2D eigenvalue weighted by molar-refractivity contribution is -0.134. The maximum Gasteiger partial charge on any atom is 0.260 e. The van der Waals surface area contributed by atoms with Crippen molar-refractivity contribution in [2.75, 3.05) is 39.9 Å². The summed E-state index contributed by atoms with van der Waals surface area (Å²) in [6.07, 6.45) is 0. The monoisotopic (exact) mass is 368 g/mol. The van der Waals surface area contributed by atoms with E-state index in [1.165, 1.54) is 0 Å². The van der Waals surface area contributed by atoms with E-state index in [9.17, 15) is 9.59 Å². The maximum atomic E-state index is 12.5. The van der Waals surface area contributed by atoms with Gasteiger partial charge in [-0.1, -0.05) is 17.7 Å². The van der Waals surface area contributed by atoms with Crippen molar-refractivity contribution in [1.29, 1.82) is 0 Å². The number of benzene rings is 2. The van der Waals surface area contributed by atoms with Gasteiger partial charge >= 0.3 is 0 Å². The van der Waals surface area contributed by atoms with E-state index in [1.54, 1.807) is 41.2 Å². The molecule has 6 nitrogen and oxygen atoms in total. The van der Waals surface area contributed by atoms with Crippen LogP contribution in [-0.2, 0) is 4.79 Å². The summed E-state index contributed by atoms with van der Waals surface area (Å²) in [5, 5.41) is 0. The summed E-state index contributed by atoms with van der Waals surface area (Å²) >= 11 is 0. The molecule has 0 unspecified atom stereocenters. The number of piperazine rings is 1. The van der Waals surface area contributed by atoms with Gasteiger partial charge in [0.15, 0.2) is 6.61 Å². The first kappa shape index (κ1) is 18.8. The van der Waals surface area contributed by atoms with E-state index in [2.05, 4.69) is 0 Å². The van der Waals surface area contributed by atoms with Gasteiger partial charge in [0.05, 0.1) is 7.11 Å². The fourth-order valence-corrected chi connectivity index (χ4v) is 2.95. The quantitative estimate of drug-likeness (QED) is 0.813. The van der Waals surface area contributed by atoms with Gasteiger partial charge in [-0.3, -0.25) is 9.59 Å². The van der Waals surface area contributed by atoms with Crippen LogP contribution < -0.4 is 9.47 Å². The number of aryl methyl sites for hydroxylation is 1. The molecule has 1 aliphatic heterocycles. The summed E-state index contributed by atoms with van der Waals surface area (Å²) in [5.74, 6) is 1.30. The largest absolute Gasteiger partial charge is 0.497 e. The molecule has 0 aliphatic carbocycles. The highest BCUT2D eigenvalue weighted by Gasteiger charge is 2.25. The van der Waals surface area contributed by atoms with Crippen molar-refractivity contribution < 1.29 is 19.1 Å². The van der Waals surface area contributed by atoms with E-state index in [-0.39, 0.29) is 18.4 Å². The summed E-state index contributed by atoms with van der Waals surface area (Å²) in [5.41, 5.74) is 1.81. The molecule has 2 aromatic rings. The molecule has 1 heterocycles. The minimum absolute atomic E-state index is 0.0107. The van der Waals surface area contributed by atoms with Gasteiger partial charge in [-0.15, -0.1) is 0 Å². The molecule has 1 saturated heterocycles. The topological polar surface area (TPSA) is 59.1 Å². The number of nitrogens with zero attached hydrogens (tertiary/aromatic N) is 2. The molecule has 2 aromatic carbocycles. The molecule has 0 saturated carbocycles. The van der Waals surface area contributed by atoms with Gasteiger partial charge in [0.25, 0.3) is 11.8 Å². The summed E-state index contributed by atoms with van der Waals surface area (Å²) in [6.45, 7) is 4.07. The molecule has 0 N–H and O–H groups in total. The first-order chi connectivity index (χ1) is 13.1. The van der Waals surface area contributed by atoms with Crippen molar-refractivity contribution in [3.63, 3.8) is 0 Å². The van der Waals surface area contributed by atoms with Gasteiger partial charge < -0.3 is 19.3 Å². The van der Waals surface area contributed by atoms with Crippen molar-refractivity contribution in [3.8, 4) is 11.5 Å². The number of rotatable bonds is 5. The predicted octanol–water partition coefficient (Wildman–Crippen LogP) is 2.37. The summed E-state index contributed by atoms with van der Waals surface area (Å²) < 4.78 is 10.6. The average Bonchev–Trinajstić information content (AvgIpc) is 2.72. The Bertz CT molecular complexity index is 779. The zero-order chi connectivity index (χ0) is 19.2. The molecule has 1 fully saturated rings. The van der Waals surface area contributed by atoms with Crippen LogP contribution >= 0.6 is 0 Å². The molecule has 0 aromatic heterocycles. The number of carbonyl (C=O) groups excluding carboxylic acids is 2. The van der Waals surface area contributed by atoms with Crippen LogP contribution in [0.3, 0.4) is 0 Å². The van der Waals surface area contributed by atoms with Crippen LogP contribution in [-0.4, -0.2) is 61.5 Å². The second-order valence-electron chi connectivity index (χ2n) is 6.50. The molecule has 6 heteroatoms. The Morgan fingerprint density at radius 3 is 2.00 bits per heavy atom. The van der Waals surface area contributed by atoms with Gasteiger partial charge in [-0.05, 0) is 43.3 Å². The highest BCUT2D eigenvalue weighted by atomic mass is 16.5. The van der Waals surface area contributed by atoms with Crippen molar-refractivity contribution in [2.24, 2.45) is 0 Å². The molecule has 27 heavy (non-hydrogen) atoms. The van der Waals surface area contributed by atoms with E-state index < -0.39 is 0 Å². The number of hydrogen-bond donors (Lipinski definition) is 0. The third-order valence-corrected chi connectivity index (χ3v) is 4.64. The summed E-state index contributed by atoms with van der Waals surface area (Å²) in [6, 6.07) is 14.7. The Morgan fingerprint density at radius 2 is 1.41 bits per heavy atom. The fourth-order valence-electron chi connectivity index (χ4n) is 2.95. The SMILES string of the molecule is COc1ccc(OCC(=O)N2CCN(C(=O)c3ccc(C)cc3)CC2)cc1. The third kappa shape index (κ3) is 4.78. The van der Waals surface area contributed by atoms with Gasteiger partial charge in [-0.2, -0.15) is 0 Å². The molecule has 0 atom stereocenters. The standard InChI is InChI=1S/C21H24N2O4/c1-16-3-5-17(6-4-16)21(25)23-13-11-22(12-14-23)20(24)15-27-19-9-7-18(26-2)8-10-19/h3-10H,11-15H2,1-2H3. The molecule has 0 spiro atoms. The van der Waals surface area contributed by atoms with E-state index >= 15 is 0 Å². The predicted molar refractivity (Wildman–Crippen MR) is 102 cm³/mol. The lowest BCUT2D eigenvalue weighted by atomic mass is 10.1. The first-order valence-electron chi connectivity index (χ1n) is 8.97. The van der Waals surface area contributed by atoms with Crippen molar-refractivity contribution >= 4 is 11.8 Å². The molecule has 142 valence electrons. The highest BCUT2D eigenvalue weighted by molar-refractivity contribution is 5.94. The number of amides is 2. The van der Waals surface area contributed by atoms with E-state index in [0.29, 0.717) is 37.5 Å². The van der Waals surface area contributed by atoms with Crippen LogP contribution in [0.15, 0.2) is 48.5 Å². The lowest BCUT2D eigenvalue weighted by Gasteiger charge is -2.34. The zero-order valence-corrected chi connectivity index (χ0v) is 15.7. The van der Waals surface area contributed by atoms with Crippen LogP contribution in [0.2, 0.25) is 0 Å². The molecule has 1 aliphatic rings. The average molecular weight is 368 g/mol. The van der Waals surface area contributed by atoms with Gasteiger partial charge in [0.1, 0.15) is 11.5 Å². The Morgan fingerprint density at radius 1 is 0.852 bits per heavy atom. The maximum absolute atomic E-state index is 12.5. The minimum atomic E-state index is -0.0757. The number of methoxy groups -OCH3 is 1. The Balaban J connectivity index is 1.47. The minimum Gasteiger partial charge on any atom is -0.497 e. The van der Waals surface area contributed by atoms with E-state index in [0.717, 1.165) is 11.3 Å². The molecule has 2 amide bonds. The second-order valence-corrected chi connectivity index (χ2v) is 6.50. The van der Waals surface area contributed by atoms with Crippen LogP contribution in [0.25, 0.3) is 0 Å². The fraction of sp³-hybridized carbons (Fsp3) is 0.333. The van der Waals surface area contributed by atoms with Crippen LogP contribution in [0.5, 0.6) is 11.5 Å². The number of hydrogen-bond acceptors (Lipinski definition) is 4. The first-order valence-corrected chi connectivity index (χ1v) is 8.97. The summed E-state index contributed by atoms with van der Waals surface area (Å²) in [7, 11) is 1.60. The Labute approximate surface area is 159 Å². The molecule has 3 rings (SSSR count). The molecule has 0 bridgehead atoms. The Kier molecular flexibility index (Phi) is 5.96. The van der Waals surface area contributed by atoms with Crippen molar-refractivity contribution in [2.45, 2.75) is 6.92 Å². The van der Waals surface area contributed by atoms with Crippen LogP contribution in [0, 0.1) is 6.92 Å². The molecular formula is C21H24N2O4. The van der Waals surface area contributed by atoms with E-state index in [4.69, 9.17) is 9.47 Å². The zero-order valence-electron chi connectivity index (χ0n) is 15.7. The van der Waals surface area contributed by atoms with Crippen LogP contribution in [0.1, 0.15) is 15.9 Å². The smallest absolute Gasteiger partial charge is 0.260 e. The van der Waals surface area contributed by atoms with Crippen LogP contribution in [0.4, 0.5) is 0 Å². The van der Waals surface area contributed by atoms with Gasteiger partial charge in [0, 0.05) is 31.7 Å². The molecular weight excluding hydrogens is 344 g/mol. The molecule has 0 radical (unpaired) electrons. The van der Waals surface area contributed by atoms with E-state index in [1.807, 2.05) is 31.2 Å². The second kappa shape index (κ2) is 8.58. The number of carbonyl (C=O) groups is 2. The summed E-state index contributed by atoms with van der Waals surface area (Å²) in [4.78, 5) is 28.4. The third-order valence-electron chi connectivity index (χ3n) is 4.64. The van der Waals surface area contributed by atoms with Crippen molar-refractivity contribution in [1.82, 2.24) is 9.80 Å². The van der Waals surface area contributed by atoms with Gasteiger partial charge in [0.2, 0.25) is 0 Å². The normalized spacial score (nSPS) is 14.0. The number of ether oxygens (including phenoxy) is 2.